The lowest BCUT2D eigenvalue weighted by atomic mass is 9.79. The molecule has 2 aliphatic rings. The normalized spacial score (nSPS) is 23.0. The number of nitrogens with zero attached hydrogens (tertiary/aromatic N) is 4. The third-order valence-corrected chi connectivity index (χ3v) is 4.80. The summed E-state index contributed by atoms with van der Waals surface area (Å²) in [7, 11) is 0. The number of ether oxygens (including phenoxy) is 1. The third-order valence-electron chi connectivity index (χ3n) is 4.80. The molecule has 0 bridgehead atoms. The van der Waals surface area contributed by atoms with Crippen LogP contribution in [0.1, 0.15) is 30.0 Å². The number of hydrogen-bond donors (Lipinski definition) is 0. The minimum absolute atomic E-state index is 0.0657. The first-order valence-corrected chi connectivity index (χ1v) is 8.04. The second kappa shape index (κ2) is 5.37. The van der Waals surface area contributed by atoms with E-state index < -0.39 is 0 Å². The molecule has 2 heterocycles. The summed E-state index contributed by atoms with van der Waals surface area (Å²) < 4.78 is 7.64. The highest BCUT2D eigenvalue weighted by Gasteiger charge is 2.40. The van der Waals surface area contributed by atoms with Crippen molar-refractivity contribution in [2.45, 2.75) is 32.7 Å². The molecule has 1 aromatic heterocycles. The van der Waals surface area contributed by atoms with Gasteiger partial charge in [0.2, 0.25) is 5.91 Å². The highest BCUT2D eigenvalue weighted by molar-refractivity contribution is 5.97. The highest BCUT2D eigenvalue weighted by atomic mass is 16.5. The minimum Gasteiger partial charge on any atom is -0.489 e. The number of fused-ring (bicyclic) bond motifs is 1. The molecule has 6 nitrogen and oxygen atoms in total. The Kier molecular flexibility index (Phi) is 3.32. The van der Waals surface area contributed by atoms with Crippen molar-refractivity contribution in [2.75, 3.05) is 18.1 Å². The molecule has 23 heavy (non-hydrogen) atoms. The van der Waals surface area contributed by atoms with Gasteiger partial charge in [0, 0.05) is 12.1 Å². The Morgan fingerprint density at radius 1 is 1.30 bits per heavy atom. The lowest BCUT2D eigenvalue weighted by Crippen LogP contribution is -2.46. The quantitative estimate of drug-likeness (QED) is 0.853. The van der Waals surface area contributed by atoms with Gasteiger partial charge in [-0.3, -0.25) is 4.79 Å². The summed E-state index contributed by atoms with van der Waals surface area (Å²) in [5.74, 6) is 1.12. The Balaban J connectivity index is 1.53. The molecule has 0 atom stereocenters. The van der Waals surface area contributed by atoms with E-state index in [1.807, 2.05) is 28.8 Å². The molecule has 1 aromatic carbocycles. The molecule has 0 unspecified atom stereocenters. The van der Waals surface area contributed by atoms with Crippen molar-refractivity contribution >= 4 is 11.6 Å². The zero-order chi connectivity index (χ0) is 16.0. The average Bonchev–Trinajstić information content (AvgIpc) is 2.99. The first kappa shape index (κ1) is 14.2. The van der Waals surface area contributed by atoms with E-state index in [-0.39, 0.29) is 11.8 Å². The first-order valence-electron chi connectivity index (χ1n) is 8.04. The van der Waals surface area contributed by atoms with E-state index in [1.54, 1.807) is 6.20 Å². The number of amides is 1. The van der Waals surface area contributed by atoms with E-state index >= 15 is 0 Å². The zero-order valence-electron chi connectivity index (χ0n) is 13.4. The monoisotopic (exact) mass is 312 g/mol. The van der Waals surface area contributed by atoms with Gasteiger partial charge in [-0.2, -0.15) is 0 Å². The van der Waals surface area contributed by atoms with E-state index in [0.29, 0.717) is 19.2 Å². The Labute approximate surface area is 135 Å². The summed E-state index contributed by atoms with van der Waals surface area (Å²) in [5, 5.41) is 7.86. The van der Waals surface area contributed by atoms with Crippen LogP contribution in [-0.4, -0.2) is 34.1 Å². The predicted octanol–water partition coefficient (Wildman–Crippen LogP) is 2.27. The Morgan fingerprint density at radius 3 is 2.87 bits per heavy atom. The van der Waals surface area contributed by atoms with Crippen LogP contribution in [0.2, 0.25) is 0 Å². The zero-order valence-corrected chi connectivity index (χ0v) is 13.4. The lowest BCUT2D eigenvalue weighted by molar-refractivity contribution is -0.126. The molecule has 1 amide bonds. The first-order chi connectivity index (χ1) is 11.1. The summed E-state index contributed by atoms with van der Waals surface area (Å²) in [6.07, 6.45) is 5.21. The van der Waals surface area contributed by atoms with Crippen LogP contribution in [0.25, 0.3) is 0 Å². The van der Waals surface area contributed by atoms with E-state index in [9.17, 15) is 4.79 Å². The van der Waals surface area contributed by atoms with Crippen LogP contribution in [0.5, 0.6) is 5.75 Å². The predicted molar refractivity (Wildman–Crippen MR) is 85.5 cm³/mol. The van der Waals surface area contributed by atoms with Gasteiger partial charge in [-0.25, -0.2) is 4.68 Å². The summed E-state index contributed by atoms with van der Waals surface area (Å²) >= 11 is 0. The van der Waals surface area contributed by atoms with E-state index in [1.165, 1.54) is 0 Å². The number of anilines is 1. The second-order valence-electron chi connectivity index (χ2n) is 6.47. The fraction of sp³-hybridized carbons (Fsp3) is 0.471. The fourth-order valence-corrected chi connectivity index (χ4v) is 3.55. The summed E-state index contributed by atoms with van der Waals surface area (Å²) in [5.41, 5.74) is 3.16. The molecule has 0 saturated heterocycles. The lowest BCUT2D eigenvalue weighted by Gasteiger charge is -2.39. The average molecular weight is 312 g/mol. The molecule has 0 spiro atoms. The number of carbonyl (C=O) groups excluding carboxylic acids is 1. The van der Waals surface area contributed by atoms with Crippen LogP contribution < -0.4 is 9.64 Å². The molecule has 6 heteroatoms. The maximum absolute atomic E-state index is 12.9. The van der Waals surface area contributed by atoms with Gasteiger partial charge < -0.3 is 9.64 Å². The van der Waals surface area contributed by atoms with Crippen LogP contribution in [0.4, 0.5) is 5.69 Å². The van der Waals surface area contributed by atoms with Crippen molar-refractivity contribution in [3.05, 3.63) is 35.7 Å². The van der Waals surface area contributed by atoms with Gasteiger partial charge in [0.15, 0.2) is 0 Å². The van der Waals surface area contributed by atoms with Gasteiger partial charge in [0.05, 0.1) is 24.5 Å². The molecule has 1 aliphatic carbocycles. The molecule has 1 aliphatic heterocycles. The molecule has 1 fully saturated rings. The molecule has 2 aromatic rings. The van der Waals surface area contributed by atoms with Crippen molar-refractivity contribution in [1.82, 2.24) is 15.0 Å². The Bertz CT molecular complexity index is 735. The number of rotatable bonds is 2. The van der Waals surface area contributed by atoms with E-state index in [0.717, 1.165) is 35.4 Å². The Hall–Kier alpha value is -2.37. The maximum Gasteiger partial charge on any atom is 0.230 e. The van der Waals surface area contributed by atoms with Crippen LogP contribution in [0.3, 0.4) is 0 Å². The molecule has 0 N–H and O–H groups in total. The SMILES string of the molecule is Cc1cc(C)c2c(c1)N(C(=O)C1CC(n3ccnn3)C1)CCO2. The number of carbonyl (C=O) groups is 1. The standard InChI is InChI=1S/C17H20N4O2/c1-11-7-12(2)16-15(8-11)20(5-6-23-16)17(22)13-9-14(10-13)21-4-3-18-19-21/h3-4,7-8,13-14H,5-6,9-10H2,1-2H3. The second-order valence-corrected chi connectivity index (χ2v) is 6.47. The molecule has 120 valence electrons. The van der Waals surface area contributed by atoms with Crippen molar-refractivity contribution in [3.8, 4) is 5.75 Å². The topological polar surface area (TPSA) is 60.2 Å². The van der Waals surface area contributed by atoms with Crippen LogP contribution >= 0.6 is 0 Å². The smallest absolute Gasteiger partial charge is 0.230 e. The molecule has 1 saturated carbocycles. The molecular weight excluding hydrogens is 292 g/mol. The van der Waals surface area contributed by atoms with Gasteiger partial charge in [-0.1, -0.05) is 11.3 Å². The summed E-state index contributed by atoms with van der Waals surface area (Å²) in [6, 6.07) is 4.44. The third kappa shape index (κ3) is 2.38. The molecule has 0 radical (unpaired) electrons. The van der Waals surface area contributed by atoms with Crippen LogP contribution in [0.15, 0.2) is 24.5 Å². The van der Waals surface area contributed by atoms with Gasteiger partial charge in [0.25, 0.3) is 0 Å². The van der Waals surface area contributed by atoms with E-state index in [2.05, 4.69) is 23.3 Å². The highest BCUT2D eigenvalue weighted by Crippen LogP contribution is 2.42. The summed E-state index contributed by atoms with van der Waals surface area (Å²) in [4.78, 5) is 14.8. The van der Waals surface area contributed by atoms with Crippen LogP contribution in [-0.2, 0) is 4.79 Å². The number of aromatic nitrogens is 3. The Morgan fingerprint density at radius 2 is 2.13 bits per heavy atom. The fourth-order valence-electron chi connectivity index (χ4n) is 3.55. The number of benzene rings is 1. The van der Waals surface area contributed by atoms with E-state index in [4.69, 9.17) is 4.74 Å². The van der Waals surface area contributed by atoms with Gasteiger partial charge in [-0.15, -0.1) is 5.10 Å². The number of hydrogen-bond acceptors (Lipinski definition) is 4. The molecule has 4 rings (SSSR count). The van der Waals surface area contributed by atoms with Gasteiger partial charge in [0.1, 0.15) is 12.4 Å². The van der Waals surface area contributed by atoms with Gasteiger partial charge in [-0.05, 0) is 43.9 Å². The van der Waals surface area contributed by atoms with Crippen molar-refractivity contribution in [3.63, 3.8) is 0 Å². The molecular formula is C17H20N4O2. The van der Waals surface area contributed by atoms with Crippen molar-refractivity contribution < 1.29 is 9.53 Å². The van der Waals surface area contributed by atoms with Crippen molar-refractivity contribution in [1.29, 1.82) is 0 Å². The largest absolute Gasteiger partial charge is 0.489 e. The van der Waals surface area contributed by atoms with Crippen LogP contribution in [0, 0.1) is 19.8 Å². The van der Waals surface area contributed by atoms with Gasteiger partial charge >= 0.3 is 0 Å². The number of aryl methyl sites for hydroxylation is 2. The summed E-state index contributed by atoms with van der Waals surface area (Å²) in [6.45, 7) is 5.26. The minimum atomic E-state index is 0.0657. The van der Waals surface area contributed by atoms with Crippen molar-refractivity contribution in [2.24, 2.45) is 5.92 Å². The maximum atomic E-state index is 12.9.